The summed E-state index contributed by atoms with van der Waals surface area (Å²) < 4.78 is 73.0. The molecule has 0 saturated heterocycles. The van der Waals surface area contributed by atoms with Crippen molar-refractivity contribution in [3.63, 3.8) is 0 Å². The van der Waals surface area contributed by atoms with Gasteiger partial charge in [-0.3, -0.25) is 0 Å². The molecule has 0 atom stereocenters. The number of ether oxygens (including phenoxy) is 1. The highest BCUT2D eigenvalue weighted by Gasteiger charge is 2.70. The van der Waals surface area contributed by atoms with Gasteiger partial charge in [0.05, 0.1) is 7.11 Å². The van der Waals surface area contributed by atoms with Gasteiger partial charge in [-0.15, -0.1) is 0 Å². The zero-order valence-corrected chi connectivity index (χ0v) is 8.00. The van der Waals surface area contributed by atoms with Crippen LogP contribution in [-0.2, 0) is 18.6 Å². The zero-order valence-electron chi connectivity index (χ0n) is 6.43. The second kappa shape index (κ2) is 3.54. The SMILES string of the molecule is COC(=O)C(F)(F)C(F)(F)S(=O)(=O)Cl. The molecule has 0 aliphatic rings. The maximum Gasteiger partial charge on any atom is 0.432 e. The fourth-order valence-electron chi connectivity index (χ4n) is 0.400. The molecule has 0 aromatic rings. The summed E-state index contributed by atoms with van der Waals surface area (Å²) in [6.07, 6.45) is 0. The number of halogens is 5. The summed E-state index contributed by atoms with van der Waals surface area (Å²) in [6.45, 7) is 0. The van der Waals surface area contributed by atoms with Crippen molar-refractivity contribution in [2.24, 2.45) is 0 Å². The summed E-state index contributed by atoms with van der Waals surface area (Å²) >= 11 is 0. The maximum atomic E-state index is 12.4. The fourth-order valence-corrected chi connectivity index (χ4v) is 1.08. The Morgan fingerprint density at radius 1 is 1.29 bits per heavy atom. The van der Waals surface area contributed by atoms with E-state index in [1.807, 2.05) is 0 Å². The first-order chi connectivity index (χ1) is 5.98. The fraction of sp³-hybridized carbons (Fsp3) is 0.750. The van der Waals surface area contributed by atoms with Gasteiger partial charge in [-0.05, 0) is 0 Å². The molecule has 10 heteroatoms. The van der Waals surface area contributed by atoms with Gasteiger partial charge in [-0.2, -0.15) is 17.6 Å². The van der Waals surface area contributed by atoms with E-state index < -0.39 is 26.2 Å². The van der Waals surface area contributed by atoms with Crippen LogP contribution in [0.15, 0.2) is 0 Å². The first-order valence-electron chi connectivity index (χ1n) is 2.76. The number of rotatable bonds is 3. The molecule has 0 fully saturated rings. The van der Waals surface area contributed by atoms with Crippen molar-refractivity contribution in [1.29, 1.82) is 0 Å². The largest absolute Gasteiger partial charge is 0.464 e. The maximum absolute atomic E-state index is 12.4. The first-order valence-corrected chi connectivity index (χ1v) is 5.07. The highest BCUT2D eigenvalue weighted by atomic mass is 35.7. The van der Waals surface area contributed by atoms with Crippen LogP contribution in [0.2, 0.25) is 0 Å². The van der Waals surface area contributed by atoms with Crippen molar-refractivity contribution in [3.8, 4) is 0 Å². The number of carbonyl (C=O) groups excluding carboxylic acids is 1. The number of alkyl halides is 4. The van der Waals surface area contributed by atoms with Crippen LogP contribution in [0.3, 0.4) is 0 Å². The van der Waals surface area contributed by atoms with E-state index >= 15 is 0 Å². The van der Waals surface area contributed by atoms with E-state index in [9.17, 15) is 30.8 Å². The third-order valence-corrected chi connectivity index (χ3v) is 2.56. The number of carbonyl (C=O) groups is 1. The van der Waals surface area contributed by atoms with Gasteiger partial charge in [0.2, 0.25) is 0 Å². The van der Waals surface area contributed by atoms with E-state index in [4.69, 9.17) is 0 Å². The quantitative estimate of drug-likeness (QED) is 0.430. The van der Waals surface area contributed by atoms with Gasteiger partial charge in [0.1, 0.15) is 0 Å². The van der Waals surface area contributed by atoms with Gasteiger partial charge in [-0.1, -0.05) is 0 Å². The average Bonchev–Trinajstić information content (AvgIpc) is 2.00. The van der Waals surface area contributed by atoms with Crippen molar-refractivity contribution in [2.75, 3.05) is 7.11 Å². The summed E-state index contributed by atoms with van der Waals surface area (Å²) in [7, 11) is -1.49. The molecule has 0 spiro atoms. The Kier molecular flexibility index (Phi) is 3.39. The Labute approximate surface area is 80.2 Å². The van der Waals surface area contributed by atoms with E-state index in [0.29, 0.717) is 7.11 Å². The second-order valence-electron chi connectivity index (χ2n) is 2.02. The molecular formula is C4H3ClF4O4S. The minimum Gasteiger partial charge on any atom is -0.464 e. The van der Waals surface area contributed by atoms with E-state index in [1.165, 1.54) is 0 Å². The molecule has 0 bridgehead atoms. The molecule has 84 valence electrons. The van der Waals surface area contributed by atoms with Gasteiger partial charge >= 0.3 is 26.2 Å². The van der Waals surface area contributed by atoms with Crippen molar-refractivity contribution in [1.82, 2.24) is 0 Å². The molecular weight excluding hydrogens is 256 g/mol. The van der Waals surface area contributed by atoms with Crippen LogP contribution in [0.5, 0.6) is 0 Å². The van der Waals surface area contributed by atoms with Gasteiger partial charge < -0.3 is 4.74 Å². The molecule has 0 rings (SSSR count). The van der Waals surface area contributed by atoms with Gasteiger partial charge in [0.25, 0.3) is 0 Å². The summed E-state index contributed by atoms with van der Waals surface area (Å²) in [5.41, 5.74) is 0. The van der Waals surface area contributed by atoms with Gasteiger partial charge in [0.15, 0.2) is 0 Å². The Morgan fingerprint density at radius 2 is 1.64 bits per heavy atom. The molecule has 0 saturated carbocycles. The van der Waals surface area contributed by atoms with Crippen LogP contribution in [0, 0.1) is 0 Å². The summed E-state index contributed by atoms with van der Waals surface area (Å²) in [5.74, 6) is -8.21. The molecule has 0 aromatic heterocycles. The molecule has 14 heavy (non-hydrogen) atoms. The molecule has 0 aromatic carbocycles. The van der Waals surface area contributed by atoms with Crippen molar-refractivity contribution in [3.05, 3.63) is 0 Å². The van der Waals surface area contributed by atoms with Gasteiger partial charge in [-0.25, -0.2) is 13.2 Å². The van der Waals surface area contributed by atoms with Gasteiger partial charge in [0, 0.05) is 10.7 Å². The molecule has 0 aliphatic heterocycles. The van der Waals surface area contributed by atoms with Crippen LogP contribution in [-0.4, -0.2) is 32.7 Å². The van der Waals surface area contributed by atoms with Crippen molar-refractivity contribution >= 4 is 25.7 Å². The minimum atomic E-state index is -5.93. The number of esters is 1. The lowest BCUT2D eigenvalue weighted by Gasteiger charge is -2.20. The zero-order chi connectivity index (χ0) is 11.8. The van der Waals surface area contributed by atoms with E-state index in [0.717, 1.165) is 0 Å². The van der Waals surface area contributed by atoms with Crippen LogP contribution in [0.25, 0.3) is 0 Å². The topological polar surface area (TPSA) is 60.4 Å². The van der Waals surface area contributed by atoms with Crippen LogP contribution < -0.4 is 0 Å². The summed E-state index contributed by atoms with van der Waals surface area (Å²) in [5, 5.41) is -5.71. The number of hydrogen-bond acceptors (Lipinski definition) is 4. The number of methoxy groups -OCH3 is 1. The third kappa shape index (κ3) is 1.92. The van der Waals surface area contributed by atoms with E-state index in [2.05, 4.69) is 15.4 Å². The highest BCUT2D eigenvalue weighted by molar-refractivity contribution is 8.14. The molecule has 0 radical (unpaired) electrons. The molecule has 0 amide bonds. The molecule has 4 nitrogen and oxygen atoms in total. The summed E-state index contributed by atoms with van der Waals surface area (Å²) in [6, 6.07) is 0. The third-order valence-electron chi connectivity index (χ3n) is 1.11. The molecule has 0 unspecified atom stereocenters. The predicted octanol–water partition coefficient (Wildman–Crippen LogP) is 0.956. The second-order valence-corrected chi connectivity index (χ2v) is 4.63. The first kappa shape index (κ1) is 13.4. The van der Waals surface area contributed by atoms with E-state index in [1.54, 1.807) is 0 Å². The molecule has 0 heterocycles. The lowest BCUT2D eigenvalue weighted by molar-refractivity contribution is -0.200. The Bertz CT molecular complexity index is 337. The summed E-state index contributed by atoms with van der Waals surface area (Å²) in [4.78, 5) is 10.2. The van der Waals surface area contributed by atoms with Crippen molar-refractivity contribution in [2.45, 2.75) is 11.2 Å². The highest BCUT2D eigenvalue weighted by Crippen LogP contribution is 2.41. The predicted molar refractivity (Wildman–Crippen MR) is 36.7 cm³/mol. The minimum absolute atomic E-state index is 0.396. The lowest BCUT2D eigenvalue weighted by Crippen LogP contribution is -2.51. The monoisotopic (exact) mass is 258 g/mol. The Balaban J connectivity index is 5.40. The average molecular weight is 259 g/mol. The Morgan fingerprint density at radius 3 is 1.86 bits per heavy atom. The Hall–Kier alpha value is -0.570. The number of hydrogen-bond donors (Lipinski definition) is 0. The van der Waals surface area contributed by atoms with Crippen LogP contribution in [0.4, 0.5) is 17.6 Å². The normalized spacial score (nSPS) is 13.9. The smallest absolute Gasteiger partial charge is 0.432 e. The van der Waals surface area contributed by atoms with Crippen LogP contribution >= 0.6 is 10.7 Å². The molecule has 0 N–H and O–H groups in total. The van der Waals surface area contributed by atoms with Crippen molar-refractivity contribution < 1.29 is 35.5 Å². The standard InChI is InChI=1S/C4H3ClF4O4S/c1-13-2(10)3(6,7)4(8,9)14(5,11)12/h1H3. The molecule has 0 aliphatic carbocycles. The van der Waals surface area contributed by atoms with E-state index in [-0.39, 0.29) is 0 Å². The lowest BCUT2D eigenvalue weighted by atomic mass is 10.3. The van der Waals surface area contributed by atoms with Crippen LogP contribution in [0.1, 0.15) is 0 Å².